The summed E-state index contributed by atoms with van der Waals surface area (Å²) in [5, 5.41) is 2.80. The molecule has 0 saturated carbocycles. The molecule has 2 aromatic carbocycles. The Kier molecular flexibility index (Phi) is 5.71. The van der Waals surface area contributed by atoms with Gasteiger partial charge in [-0.3, -0.25) is 14.5 Å². The van der Waals surface area contributed by atoms with Gasteiger partial charge in [0.2, 0.25) is 0 Å². The van der Waals surface area contributed by atoms with Crippen LogP contribution in [0.3, 0.4) is 0 Å². The van der Waals surface area contributed by atoms with Gasteiger partial charge in [-0.15, -0.1) is 0 Å². The van der Waals surface area contributed by atoms with Gasteiger partial charge in [0.1, 0.15) is 6.04 Å². The van der Waals surface area contributed by atoms with E-state index in [2.05, 4.69) is 10.2 Å². The Hall–Kier alpha value is -2.99. The van der Waals surface area contributed by atoms with Gasteiger partial charge in [0, 0.05) is 31.0 Å². The summed E-state index contributed by atoms with van der Waals surface area (Å²) in [7, 11) is 0. The molecule has 0 bridgehead atoms. The zero-order valence-electron chi connectivity index (χ0n) is 16.3. The van der Waals surface area contributed by atoms with Crippen molar-refractivity contribution in [2.45, 2.75) is 25.3 Å². The van der Waals surface area contributed by atoms with Crippen LogP contribution in [0, 0.1) is 5.92 Å². The third-order valence-electron chi connectivity index (χ3n) is 5.75. The van der Waals surface area contributed by atoms with Crippen LogP contribution in [0.4, 0.5) is 4.79 Å². The Morgan fingerprint density at radius 3 is 2.21 bits per heavy atom. The van der Waals surface area contributed by atoms with E-state index < -0.39 is 6.04 Å². The minimum absolute atomic E-state index is 0.00239. The molecular weight excluding hydrogens is 366 g/mol. The fraction of sp³-hybridized carbons (Fsp3) is 0.348. The van der Waals surface area contributed by atoms with Crippen LogP contribution in [-0.4, -0.2) is 53.3 Å². The van der Waals surface area contributed by atoms with Crippen molar-refractivity contribution in [2.75, 3.05) is 19.8 Å². The molecule has 2 fully saturated rings. The number of nitrogens with zero attached hydrogens (tertiary/aromatic N) is 2. The van der Waals surface area contributed by atoms with Crippen molar-refractivity contribution in [1.29, 1.82) is 0 Å². The quantitative estimate of drug-likeness (QED) is 0.607. The first-order valence-corrected chi connectivity index (χ1v) is 10.1. The molecule has 150 valence electrons. The van der Waals surface area contributed by atoms with Gasteiger partial charge in [0.15, 0.2) is 5.78 Å². The van der Waals surface area contributed by atoms with Crippen molar-refractivity contribution in [3.8, 4) is 0 Å². The number of nitrogens with one attached hydrogen (secondary N) is 1. The SMILES string of the molecule is O=C(c1ccccc1)C1CCN(CN2C(=O)N[C@@H](Cc3ccccc3)C2=O)CC1. The van der Waals surface area contributed by atoms with E-state index in [0.717, 1.165) is 24.0 Å². The molecular formula is C23H25N3O3. The van der Waals surface area contributed by atoms with Gasteiger partial charge >= 0.3 is 6.03 Å². The lowest BCUT2D eigenvalue weighted by molar-refractivity contribution is -0.129. The molecule has 0 radical (unpaired) electrons. The maximum Gasteiger partial charge on any atom is 0.325 e. The summed E-state index contributed by atoms with van der Waals surface area (Å²) in [6.07, 6.45) is 1.98. The molecule has 2 aliphatic heterocycles. The number of ketones is 1. The molecule has 2 heterocycles. The van der Waals surface area contributed by atoms with E-state index in [9.17, 15) is 14.4 Å². The Balaban J connectivity index is 1.30. The molecule has 0 aromatic heterocycles. The molecule has 1 atom stereocenters. The van der Waals surface area contributed by atoms with Crippen molar-refractivity contribution < 1.29 is 14.4 Å². The average Bonchev–Trinajstić information content (AvgIpc) is 3.02. The number of imide groups is 1. The van der Waals surface area contributed by atoms with Crippen molar-refractivity contribution in [3.05, 3.63) is 71.8 Å². The minimum Gasteiger partial charge on any atom is -0.325 e. The molecule has 29 heavy (non-hydrogen) atoms. The van der Waals surface area contributed by atoms with Gasteiger partial charge in [0.05, 0.1) is 6.67 Å². The summed E-state index contributed by atoms with van der Waals surface area (Å²) in [6, 6.07) is 18.2. The topological polar surface area (TPSA) is 69.7 Å². The molecule has 6 heteroatoms. The summed E-state index contributed by atoms with van der Waals surface area (Å²) in [4.78, 5) is 41.0. The summed E-state index contributed by atoms with van der Waals surface area (Å²) in [5.41, 5.74) is 1.78. The number of carbonyl (C=O) groups is 3. The number of urea groups is 1. The zero-order chi connectivity index (χ0) is 20.2. The smallest absolute Gasteiger partial charge is 0.325 e. The molecule has 1 N–H and O–H groups in total. The molecule has 0 unspecified atom stereocenters. The number of piperidine rings is 1. The highest BCUT2D eigenvalue weighted by molar-refractivity contribution is 6.04. The van der Waals surface area contributed by atoms with E-state index in [4.69, 9.17) is 0 Å². The molecule has 0 aliphatic carbocycles. The van der Waals surface area contributed by atoms with Crippen molar-refractivity contribution in [1.82, 2.24) is 15.1 Å². The highest BCUT2D eigenvalue weighted by atomic mass is 16.2. The van der Waals surface area contributed by atoms with Crippen LogP contribution in [0.1, 0.15) is 28.8 Å². The van der Waals surface area contributed by atoms with Crippen molar-refractivity contribution in [2.24, 2.45) is 5.92 Å². The lowest BCUT2D eigenvalue weighted by Gasteiger charge is -2.33. The monoisotopic (exact) mass is 391 g/mol. The van der Waals surface area contributed by atoms with E-state index in [1.807, 2.05) is 60.7 Å². The van der Waals surface area contributed by atoms with E-state index >= 15 is 0 Å². The minimum atomic E-state index is -0.512. The fourth-order valence-corrected chi connectivity index (χ4v) is 4.07. The van der Waals surface area contributed by atoms with Crippen LogP contribution in [0.2, 0.25) is 0 Å². The first-order chi connectivity index (χ1) is 14.1. The predicted octanol–water partition coefficient (Wildman–Crippen LogP) is 2.70. The molecule has 2 saturated heterocycles. The normalized spacial score (nSPS) is 20.7. The van der Waals surface area contributed by atoms with Gasteiger partial charge in [0.25, 0.3) is 5.91 Å². The van der Waals surface area contributed by atoms with Gasteiger partial charge < -0.3 is 5.32 Å². The maximum atomic E-state index is 12.7. The number of rotatable bonds is 6. The maximum absolute atomic E-state index is 12.7. The second-order valence-corrected chi connectivity index (χ2v) is 7.72. The fourth-order valence-electron chi connectivity index (χ4n) is 4.07. The molecule has 2 aliphatic rings. The van der Waals surface area contributed by atoms with Crippen molar-refractivity contribution in [3.63, 3.8) is 0 Å². The number of carbonyl (C=O) groups excluding carboxylic acids is 3. The van der Waals surface area contributed by atoms with Crippen LogP contribution in [0.5, 0.6) is 0 Å². The highest BCUT2D eigenvalue weighted by Crippen LogP contribution is 2.23. The summed E-state index contributed by atoms with van der Waals surface area (Å²) < 4.78 is 0. The van der Waals surface area contributed by atoms with E-state index in [0.29, 0.717) is 19.5 Å². The summed E-state index contributed by atoms with van der Waals surface area (Å²) in [5.74, 6) is 0.00657. The van der Waals surface area contributed by atoms with Gasteiger partial charge in [-0.2, -0.15) is 0 Å². The molecule has 3 amide bonds. The molecule has 0 spiro atoms. The number of benzene rings is 2. The Labute approximate surface area is 170 Å². The highest BCUT2D eigenvalue weighted by Gasteiger charge is 2.39. The zero-order valence-corrected chi connectivity index (χ0v) is 16.3. The lowest BCUT2D eigenvalue weighted by atomic mass is 9.89. The first-order valence-electron chi connectivity index (χ1n) is 10.1. The standard InChI is InChI=1S/C23H25N3O3/c27-21(18-9-5-2-6-10-18)19-11-13-25(14-12-19)16-26-22(28)20(24-23(26)29)15-17-7-3-1-4-8-17/h1-10,19-20H,11-16H2,(H,24,29)/t20-/m0/s1. The predicted molar refractivity (Wildman–Crippen MR) is 109 cm³/mol. The summed E-state index contributed by atoms with van der Waals surface area (Å²) >= 11 is 0. The van der Waals surface area contributed by atoms with E-state index in [1.54, 1.807) is 0 Å². The Morgan fingerprint density at radius 1 is 0.931 bits per heavy atom. The van der Waals surface area contributed by atoms with E-state index in [1.165, 1.54) is 4.90 Å². The molecule has 4 rings (SSSR count). The number of Topliss-reactive ketones (excluding diaryl/α,β-unsaturated/α-hetero) is 1. The Morgan fingerprint density at radius 2 is 1.55 bits per heavy atom. The van der Waals surface area contributed by atoms with Crippen LogP contribution < -0.4 is 5.32 Å². The first kappa shape index (κ1) is 19.3. The Bertz CT molecular complexity index is 877. The largest absolute Gasteiger partial charge is 0.325 e. The molecule has 2 aromatic rings. The van der Waals surface area contributed by atoms with Crippen LogP contribution >= 0.6 is 0 Å². The summed E-state index contributed by atoms with van der Waals surface area (Å²) in [6.45, 7) is 1.68. The number of hydrogen-bond acceptors (Lipinski definition) is 4. The number of amides is 3. The van der Waals surface area contributed by atoms with Gasteiger partial charge in [-0.05, 0) is 18.4 Å². The van der Waals surface area contributed by atoms with Crippen molar-refractivity contribution >= 4 is 17.7 Å². The second kappa shape index (κ2) is 8.57. The van der Waals surface area contributed by atoms with Crippen LogP contribution in [-0.2, 0) is 11.2 Å². The van der Waals surface area contributed by atoms with Gasteiger partial charge in [-0.1, -0.05) is 60.7 Å². The van der Waals surface area contributed by atoms with Crippen LogP contribution in [0.15, 0.2) is 60.7 Å². The molecule has 6 nitrogen and oxygen atoms in total. The second-order valence-electron chi connectivity index (χ2n) is 7.72. The van der Waals surface area contributed by atoms with E-state index in [-0.39, 0.29) is 30.3 Å². The third kappa shape index (κ3) is 4.38. The van der Waals surface area contributed by atoms with Gasteiger partial charge in [-0.25, -0.2) is 9.69 Å². The van der Waals surface area contributed by atoms with Crippen LogP contribution in [0.25, 0.3) is 0 Å². The lowest BCUT2D eigenvalue weighted by Crippen LogP contribution is -2.46. The number of likely N-dealkylation sites (tertiary alicyclic amines) is 1. The third-order valence-corrected chi connectivity index (χ3v) is 5.75. The average molecular weight is 391 g/mol. The number of hydrogen-bond donors (Lipinski definition) is 1.